The number of aromatic hydroxyl groups is 1. The number of benzene rings is 1. The van der Waals surface area contributed by atoms with Gasteiger partial charge in [-0.2, -0.15) is 5.26 Å². The Bertz CT molecular complexity index is 786. The monoisotopic (exact) mass is 297 g/mol. The number of fused-ring (bicyclic) bond motifs is 1. The molecule has 0 aliphatic carbocycles. The second kappa shape index (κ2) is 5.45. The Kier molecular flexibility index (Phi) is 3.47. The van der Waals surface area contributed by atoms with Gasteiger partial charge in [0, 0.05) is 6.42 Å². The summed E-state index contributed by atoms with van der Waals surface area (Å²) in [4.78, 5) is 4.45. The van der Waals surface area contributed by atoms with Crippen LogP contribution < -0.4 is 10.5 Å². The van der Waals surface area contributed by atoms with E-state index >= 15 is 0 Å². The molecule has 2 aromatic rings. The highest BCUT2D eigenvalue weighted by atomic mass is 16.6. The average Bonchev–Trinajstić information content (AvgIpc) is 2.88. The molecule has 1 aromatic carbocycles. The lowest BCUT2D eigenvalue weighted by atomic mass is 9.88. The van der Waals surface area contributed by atoms with Crippen LogP contribution in [0.25, 0.3) is 0 Å². The molecule has 3 N–H and O–H groups in total. The standard InChI is InChI=1S/C16H15N3O3/c1-2-4-12-19-14-13(9-5-3-6-10(20)7-9)11(8-17)15(18)22-16(14)21-12/h3,5-7,13,20H,2,4,18H2,1H3/t13-/m1/s1. The Hall–Kier alpha value is -2.94. The number of phenols is 1. The van der Waals surface area contributed by atoms with Crippen LogP contribution in [0.3, 0.4) is 0 Å². The van der Waals surface area contributed by atoms with Crippen LogP contribution in [0.15, 0.2) is 40.1 Å². The van der Waals surface area contributed by atoms with E-state index in [1.807, 2.05) is 6.92 Å². The van der Waals surface area contributed by atoms with Gasteiger partial charge in [0.2, 0.25) is 5.88 Å². The largest absolute Gasteiger partial charge is 0.508 e. The third-order valence-electron chi connectivity index (χ3n) is 3.48. The normalized spacial score (nSPS) is 16.8. The fourth-order valence-corrected chi connectivity index (χ4v) is 2.52. The Morgan fingerprint density at radius 1 is 1.45 bits per heavy atom. The van der Waals surface area contributed by atoms with Crippen LogP contribution >= 0.6 is 0 Å². The third kappa shape index (κ3) is 2.27. The van der Waals surface area contributed by atoms with Crippen LogP contribution in [-0.2, 0) is 6.42 Å². The van der Waals surface area contributed by atoms with Gasteiger partial charge in [-0.05, 0) is 24.1 Å². The van der Waals surface area contributed by atoms with Crippen molar-refractivity contribution >= 4 is 0 Å². The number of aromatic nitrogens is 1. The summed E-state index contributed by atoms with van der Waals surface area (Å²) in [6.45, 7) is 2.02. The number of hydrogen-bond donors (Lipinski definition) is 2. The minimum atomic E-state index is -0.504. The first-order chi connectivity index (χ1) is 10.6. The molecule has 0 spiro atoms. The quantitative estimate of drug-likeness (QED) is 0.902. The van der Waals surface area contributed by atoms with Crippen LogP contribution in [-0.4, -0.2) is 10.1 Å². The number of nitrogens with zero attached hydrogens (tertiary/aromatic N) is 2. The van der Waals surface area contributed by atoms with Gasteiger partial charge in [-0.25, -0.2) is 4.98 Å². The van der Waals surface area contributed by atoms with Gasteiger partial charge in [0.25, 0.3) is 0 Å². The maximum atomic E-state index is 9.70. The highest BCUT2D eigenvalue weighted by Crippen LogP contribution is 2.42. The fraction of sp³-hybridized carbons (Fsp3) is 0.250. The molecular weight excluding hydrogens is 282 g/mol. The number of nitriles is 1. The van der Waals surface area contributed by atoms with Crippen molar-refractivity contribution in [1.29, 1.82) is 5.26 Å². The third-order valence-corrected chi connectivity index (χ3v) is 3.48. The van der Waals surface area contributed by atoms with E-state index in [2.05, 4.69) is 11.1 Å². The summed E-state index contributed by atoms with van der Waals surface area (Å²) in [6.07, 6.45) is 1.55. The van der Waals surface area contributed by atoms with Crippen molar-refractivity contribution < 1.29 is 14.3 Å². The van der Waals surface area contributed by atoms with Gasteiger partial charge in [0.15, 0.2) is 5.89 Å². The fourth-order valence-electron chi connectivity index (χ4n) is 2.52. The van der Waals surface area contributed by atoms with E-state index in [-0.39, 0.29) is 23.2 Å². The number of rotatable bonds is 3. The van der Waals surface area contributed by atoms with Crippen molar-refractivity contribution in [2.75, 3.05) is 0 Å². The second-order valence-corrected chi connectivity index (χ2v) is 5.05. The molecule has 0 bridgehead atoms. The van der Waals surface area contributed by atoms with Gasteiger partial charge in [-0.3, -0.25) is 0 Å². The van der Waals surface area contributed by atoms with Gasteiger partial charge in [-0.1, -0.05) is 19.1 Å². The van der Waals surface area contributed by atoms with Crippen molar-refractivity contribution in [1.82, 2.24) is 4.98 Å². The zero-order valence-electron chi connectivity index (χ0n) is 12.0. The van der Waals surface area contributed by atoms with Crippen molar-refractivity contribution in [2.24, 2.45) is 5.73 Å². The summed E-state index contributed by atoms with van der Waals surface area (Å²) in [5.74, 6) is 0.370. The Morgan fingerprint density at radius 3 is 2.95 bits per heavy atom. The summed E-state index contributed by atoms with van der Waals surface area (Å²) in [6, 6.07) is 8.73. The predicted molar refractivity (Wildman–Crippen MR) is 77.9 cm³/mol. The summed E-state index contributed by atoms with van der Waals surface area (Å²) in [7, 11) is 0. The molecule has 0 amide bonds. The van der Waals surface area contributed by atoms with Gasteiger partial charge in [0.05, 0.1) is 5.92 Å². The molecule has 1 aliphatic heterocycles. The number of oxazole rings is 1. The first kappa shape index (κ1) is 14.0. The number of phenolic OH excluding ortho intramolecular Hbond substituents is 1. The average molecular weight is 297 g/mol. The van der Waals surface area contributed by atoms with E-state index in [4.69, 9.17) is 14.9 Å². The Labute approximate surface area is 127 Å². The molecule has 0 fully saturated rings. The zero-order chi connectivity index (χ0) is 15.7. The molecule has 112 valence electrons. The number of nitrogens with two attached hydrogens (primary N) is 1. The van der Waals surface area contributed by atoms with Crippen LogP contribution in [0.5, 0.6) is 11.7 Å². The van der Waals surface area contributed by atoms with Gasteiger partial charge < -0.3 is 20.0 Å². The maximum absolute atomic E-state index is 9.70. The topological polar surface area (TPSA) is 105 Å². The summed E-state index contributed by atoms with van der Waals surface area (Å²) >= 11 is 0. The molecule has 1 atom stereocenters. The van der Waals surface area contributed by atoms with Crippen molar-refractivity contribution in [2.45, 2.75) is 25.7 Å². The first-order valence-corrected chi connectivity index (χ1v) is 7.00. The van der Waals surface area contributed by atoms with Crippen LogP contribution in [0.2, 0.25) is 0 Å². The summed E-state index contributed by atoms with van der Waals surface area (Å²) in [5.41, 5.74) is 7.32. The van der Waals surface area contributed by atoms with E-state index in [1.165, 1.54) is 0 Å². The van der Waals surface area contributed by atoms with Crippen molar-refractivity contribution in [3.8, 4) is 17.8 Å². The molecule has 0 unspecified atom stereocenters. The Balaban J connectivity index is 2.15. The van der Waals surface area contributed by atoms with Crippen LogP contribution in [0, 0.1) is 11.3 Å². The smallest absolute Gasteiger partial charge is 0.316 e. The SMILES string of the molecule is CCCc1nc2c(o1)OC(N)=C(C#N)[C@H]2c1cccc(O)c1. The van der Waals surface area contributed by atoms with Gasteiger partial charge in [0.1, 0.15) is 23.1 Å². The molecule has 3 rings (SSSR count). The lowest BCUT2D eigenvalue weighted by Gasteiger charge is -2.21. The highest BCUT2D eigenvalue weighted by Gasteiger charge is 2.35. The molecule has 0 radical (unpaired) electrons. The lowest BCUT2D eigenvalue weighted by molar-refractivity contribution is 0.284. The number of allylic oxidation sites excluding steroid dienone is 1. The molecule has 0 saturated carbocycles. The maximum Gasteiger partial charge on any atom is 0.316 e. The molecule has 22 heavy (non-hydrogen) atoms. The van der Waals surface area contributed by atoms with E-state index in [9.17, 15) is 10.4 Å². The van der Waals surface area contributed by atoms with Crippen LogP contribution in [0.1, 0.15) is 36.4 Å². The summed E-state index contributed by atoms with van der Waals surface area (Å²) in [5, 5.41) is 19.1. The molecule has 6 nitrogen and oxygen atoms in total. The van der Waals surface area contributed by atoms with E-state index in [0.29, 0.717) is 23.6 Å². The molecule has 6 heteroatoms. The Morgan fingerprint density at radius 2 is 2.27 bits per heavy atom. The first-order valence-electron chi connectivity index (χ1n) is 7.00. The second-order valence-electron chi connectivity index (χ2n) is 5.05. The van der Waals surface area contributed by atoms with Crippen molar-refractivity contribution in [3.63, 3.8) is 0 Å². The van der Waals surface area contributed by atoms with E-state index < -0.39 is 5.92 Å². The minimum absolute atomic E-state index is 0.00235. The molecule has 2 heterocycles. The number of hydrogen-bond acceptors (Lipinski definition) is 6. The van der Waals surface area contributed by atoms with Crippen molar-refractivity contribution in [3.05, 3.63) is 52.9 Å². The molecule has 0 saturated heterocycles. The van der Waals surface area contributed by atoms with Crippen LogP contribution in [0.4, 0.5) is 0 Å². The van der Waals surface area contributed by atoms with Gasteiger partial charge in [-0.15, -0.1) is 0 Å². The van der Waals surface area contributed by atoms with E-state index in [0.717, 1.165) is 6.42 Å². The predicted octanol–water partition coefficient (Wildman–Crippen LogP) is 2.55. The molecule has 1 aliphatic rings. The minimum Gasteiger partial charge on any atom is -0.508 e. The zero-order valence-corrected chi connectivity index (χ0v) is 12.0. The summed E-state index contributed by atoms with van der Waals surface area (Å²) < 4.78 is 11.0. The number of ether oxygens (including phenoxy) is 1. The number of aryl methyl sites for hydroxylation is 1. The molecular formula is C16H15N3O3. The highest BCUT2D eigenvalue weighted by molar-refractivity contribution is 5.51. The van der Waals surface area contributed by atoms with Gasteiger partial charge >= 0.3 is 5.95 Å². The molecule has 1 aromatic heterocycles. The van der Waals surface area contributed by atoms with E-state index in [1.54, 1.807) is 24.3 Å². The lowest BCUT2D eigenvalue weighted by Crippen LogP contribution is -2.20.